The summed E-state index contributed by atoms with van der Waals surface area (Å²) in [6.07, 6.45) is 0.569. The first-order valence-corrected chi connectivity index (χ1v) is 14.6. The minimum Gasteiger partial charge on any atom is -0.493 e. The molecule has 0 aliphatic carbocycles. The molecule has 0 bridgehead atoms. The van der Waals surface area contributed by atoms with Gasteiger partial charge in [0.1, 0.15) is 0 Å². The zero-order valence-electron chi connectivity index (χ0n) is 22.6. The molecule has 0 unspecified atom stereocenters. The van der Waals surface area contributed by atoms with Crippen LogP contribution in [0.2, 0.25) is 0 Å². The average molecular weight is 561 g/mol. The van der Waals surface area contributed by atoms with E-state index in [9.17, 15) is 13.2 Å². The number of amides is 1. The van der Waals surface area contributed by atoms with Gasteiger partial charge in [-0.25, -0.2) is 8.42 Å². The molecule has 0 radical (unpaired) electrons. The van der Waals surface area contributed by atoms with E-state index in [4.69, 9.17) is 14.2 Å². The number of carbonyl (C=O) groups is 1. The molecule has 1 heterocycles. The number of rotatable bonds is 14. The maximum absolute atomic E-state index is 13.7. The first-order chi connectivity index (χ1) is 18.2. The Balaban J connectivity index is 1.84. The number of sulfonamides is 1. The summed E-state index contributed by atoms with van der Waals surface area (Å²) in [4.78, 5) is 16.6. The van der Waals surface area contributed by atoms with Crippen LogP contribution in [0.15, 0.2) is 58.8 Å². The Labute approximate surface area is 229 Å². The zero-order valence-corrected chi connectivity index (χ0v) is 24.2. The summed E-state index contributed by atoms with van der Waals surface area (Å²) in [5.41, 5.74) is 3.03. The SMILES string of the molecule is COCCN(CC(=O)N(CCc1ccc(OC)c(OC)c1)Cc1sccc1C)S(=O)(=O)c1ccc(C)cc1. The molecule has 0 spiro atoms. The maximum atomic E-state index is 13.7. The van der Waals surface area contributed by atoms with Gasteiger partial charge >= 0.3 is 0 Å². The molecule has 2 aromatic carbocycles. The largest absolute Gasteiger partial charge is 0.493 e. The van der Waals surface area contributed by atoms with Crippen molar-refractivity contribution < 1.29 is 27.4 Å². The number of ether oxygens (including phenoxy) is 3. The summed E-state index contributed by atoms with van der Waals surface area (Å²) in [6.45, 7) is 4.68. The van der Waals surface area contributed by atoms with E-state index < -0.39 is 10.0 Å². The summed E-state index contributed by atoms with van der Waals surface area (Å²) in [5, 5.41) is 1.99. The molecule has 0 aliphatic heterocycles. The van der Waals surface area contributed by atoms with Crippen LogP contribution in [0, 0.1) is 13.8 Å². The molecule has 0 aliphatic rings. The normalized spacial score (nSPS) is 11.5. The van der Waals surface area contributed by atoms with Gasteiger partial charge in [-0.1, -0.05) is 23.8 Å². The van der Waals surface area contributed by atoms with Gasteiger partial charge in [0.15, 0.2) is 11.5 Å². The van der Waals surface area contributed by atoms with Crippen LogP contribution in [0.25, 0.3) is 0 Å². The Morgan fingerprint density at radius 1 is 0.921 bits per heavy atom. The van der Waals surface area contributed by atoms with E-state index >= 15 is 0 Å². The van der Waals surface area contributed by atoms with Gasteiger partial charge in [-0.05, 0) is 67.1 Å². The highest BCUT2D eigenvalue weighted by Crippen LogP contribution is 2.28. The molecule has 206 valence electrons. The van der Waals surface area contributed by atoms with Crippen molar-refractivity contribution in [2.24, 2.45) is 0 Å². The molecule has 1 amide bonds. The van der Waals surface area contributed by atoms with Crippen LogP contribution >= 0.6 is 11.3 Å². The van der Waals surface area contributed by atoms with Crippen molar-refractivity contribution in [2.45, 2.75) is 31.7 Å². The molecule has 3 aromatic rings. The Bertz CT molecular complexity index is 1310. The topological polar surface area (TPSA) is 85.4 Å². The third-order valence-electron chi connectivity index (χ3n) is 6.29. The van der Waals surface area contributed by atoms with Crippen molar-refractivity contribution in [3.63, 3.8) is 0 Å². The monoisotopic (exact) mass is 560 g/mol. The molecule has 0 atom stereocenters. The first kappa shape index (κ1) is 29.6. The third kappa shape index (κ3) is 7.57. The van der Waals surface area contributed by atoms with E-state index in [1.54, 1.807) is 54.7 Å². The zero-order chi connectivity index (χ0) is 27.7. The number of nitrogens with zero attached hydrogens (tertiary/aromatic N) is 2. The summed E-state index contributed by atoms with van der Waals surface area (Å²) in [7, 11) is 0.781. The number of hydrogen-bond acceptors (Lipinski definition) is 7. The summed E-state index contributed by atoms with van der Waals surface area (Å²) in [6, 6.07) is 14.3. The van der Waals surface area contributed by atoms with Crippen LogP contribution < -0.4 is 9.47 Å². The molecule has 8 nitrogen and oxygen atoms in total. The second-order valence-electron chi connectivity index (χ2n) is 8.93. The van der Waals surface area contributed by atoms with Crippen LogP contribution in [-0.4, -0.2) is 71.1 Å². The predicted octanol–water partition coefficient (Wildman–Crippen LogP) is 4.29. The van der Waals surface area contributed by atoms with Crippen molar-refractivity contribution in [1.29, 1.82) is 0 Å². The van der Waals surface area contributed by atoms with Gasteiger partial charge in [-0.15, -0.1) is 11.3 Å². The van der Waals surface area contributed by atoms with E-state index in [2.05, 4.69) is 0 Å². The van der Waals surface area contributed by atoms with Crippen LogP contribution in [0.3, 0.4) is 0 Å². The van der Waals surface area contributed by atoms with Crippen molar-refractivity contribution >= 4 is 27.3 Å². The summed E-state index contributed by atoms with van der Waals surface area (Å²) < 4.78 is 44.0. The number of aryl methyl sites for hydroxylation is 2. The van der Waals surface area contributed by atoms with Crippen LogP contribution in [-0.2, 0) is 32.5 Å². The molecule has 10 heteroatoms. The Hall–Kier alpha value is -2.92. The van der Waals surface area contributed by atoms with E-state index in [0.29, 0.717) is 31.0 Å². The quantitative estimate of drug-likeness (QED) is 0.293. The fraction of sp³-hybridized carbons (Fsp3) is 0.393. The van der Waals surface area contributed by atoms with E-state index in [0.717, 1.165) is 21.6 Å². The van der Waals surface area contributed by atoms with Gasteiger partial charge < -0.3 is 19.1 Å². The molecular weight excluding hydrogens is 524 g/mol. The lowest BCUT2D eigenvalue weighted by molar-refractivity contribution is -0.132. The smallest absolute Gasteiger partial charge is 0.243 e. The number of hydrogen-bond donors (Lipinski definition) is 0. The molecule has 0 N–H and O–H groups in total. The Morgan fingerprint density at radius 2 is 1.63 bits per heavy atom. The molecule has 1 aromatic heterocycles. The van der Waals surface area contributed by atoms with Crippen molar-refractivity contribution in [3.8, 4) is 11.5 Å². The summed E-state index contributed by atoms with van der Waals surface area (Å²) >= 11 is 1.58. The minimum absolute atomic E-state index is 0.0694. The molecule has 0 saturated carbocycles. The Kier molecular flexibility index (Phi) is 10.7. The molecule has 0 fully saturated rings. The van der Waals surface area contributed by atoms with Crippen LogP contribution in [0.5, 0.6) is 11.5 Å². The Morgan fingerprint density at radius 3 is 2.24 bits per heavy atom. The van der Waals surface area contributed by atoms with Crippen LogP contribution in [0.4, 0.5) is 0 Å². The molecule has 0 saturated heterocycles. The van der Waals surface area contributed by atoms with Gasteiger partial charge in [0.2, 0.25) is 15.9 Å². The van der Waals surface area contributed by atoms with E-state index in [1.807, 2.05) is 43.5 Å². The van der Waals surface area contributed by atoms with Gasteiger partial charge in [0.25, 0.3) is 0 Å². The van der Waals surface area contributed by atoms with Crippen molar-refractivity contribution in [3.05, 3.63) is 75.5 Å². The predicted molar refractivity (Wildman–Crippen MR) is 150 cm³/mol. The highest BCUT2D eigenvalue weighted by molar-refractivity contribution is 7.89. The van der Waals surface area contributed by atoms with Gasteiger partial charge in [-0.3, -0.25) is 4.79 Å². The molecule has 38 heavy (non-hydrogen) atoms. The fourth-order valence-electron chi connectivity index (χ4n) is 3.92. The minimum atomic E-state index is -3.89. The average Bonchev–Trinajstić information content (AvgIpc) is 3.32. The lowest BCUT2D eigenvalue weighted by atomic mass is 10.1. The van der Waals surface area contributed by atoms with E-state index in [-0.39, 0.29) is 30.5 Å². The van der Waals surface area contributed by atoms with Crippen molar-refractivity contribution in [2.75, 3.05) is 47.6 Å². The molecular formula is C28H36N2O6S2. The lowest BCUT2D eigenvalue weighted by Crippen LogP contribution is -2.44. The second kappa shape index (κ2) is 13.7. The summed E-state index contributed by atoms with van der Waals surface area (Å²) in [5.74, 6) is 0.977. The van der Waals surface area contributed by atoms with E-state index in [1.165, 1.54) is 11.4 Å². The first-order valence-electron chi connectivity index (χ1n) is 12.3. The van der Waals surface area contributed by atoms with Crippen molar-refractivity contribution in [1.82, 2.24) is 9.21 Å². The van der Waals surface area contributed by atoms with Gasteiger partial charge in [0, 0.05) is 25.1 Å². The van der Waals surface area contributed by atoms with Gasteiger partial charge in [0.05, 0.1) is 38.8 Å². The standard InChI is InChI=1S/C28H36N2O6S2/c1-21-6-9-24(10-7-21)38(32,33)30(15-16-34-3)20-28(31)29(19-27-22(2)13-17-37-27)14-12-23-8-11-25(35-4)26(18-23)36-5/h6-11,13,17-18H,12,14-16,19-20H2,1-5H3. The molecule has 3 rings (SSSR count). The second-order valence-corrected chi connectivity index (χ2v) is 11.9. The number of benzene rings is 2. The number of carbonyl (C=O) groups excluding carboxylic acids is 1. The highest BCUT2D eigenvalue weighted by atomic mass is 32.2. The van der Waals surface area contributed by atoms with Gasteiger partial charge in [-0.2, -0.15) is 4.31 Å². The number of methoxy groups -OCH3 is 3. The number of thiophene rings is 1. The highest BCUT2D eigenvalue weighted by Gasteiger charge is 2.28. The fourth-order valence-corrected chi connectivity index (χ4v) is 6.21. The lowest BCUT2D eigenvalue weighted by Gasteiger charge is -2.27. The third-order valence-corrected chi connectivity index (χ3v) is 9.16. The van der Waals surface area contributed by atoms with Crippen LogP contribution in [0.1, 0.15) is 21.6 Å². The maximum Gasteiger partial charge on any atom is 0.243 e.